The van der Waals surface area contributed by atoms with E-state index >= 15 is 0 Å². The van der Waals surface area contributed by atoms with Crippen molar-refractivity contribution in [2.45, 2.75) is 38.6 Å². The average molecular weight is 378 g/mol. The number of halogens is 1. The molecule has 0 unspecified atom stereocenters. The van der Waals surface area contributed by atoms with Gasteiger partial charge in [-0.25, -0.2) is 0 Å². The van der Waals surface area contributed by atoms with Crippen LogP contribution in [-0.4, -0.2) is 54.3 Å². The summed E-state index contributed by atoms with van der Waals surface area (Å²) in [7, 11) is 0. The van der Waals surface area contributed by atoms with E-state index in [1.165, 1.54) is 6.42 Å². The molecule has 0 aromatic heterocycles. The average Bonchev–Trinajstić information content (AvgIpc) is 2.82. The molecular weight excluding hydrogens is 350 g/mol. The van der Waals surface area contributed by atoms with Gasteiger partial charge in [0.1, 0.15) is 0 Å². The zero-order valence-electron chi connectivity index (χ0n) is 15.3. The Balaban J connectivity index is 1.36. The van der Waals surface area contributed by atoms with Crippen LogP contribution in [0.1, 0.15) is 37.7 Å². The number of carbonyl (C=O) groups excluding carboxylic acids is 2. The van der Waals surface area contributed by atoms with Crippen LogP contribution in [0.25, 0.3) is 0 Å². The largest absolute Gasteiger partial charge is 0.352 e. The van der Waals surface area contributed by atoms with E-state index in [2.05, 4.69) is 10.2 Å². The number of rotatable bonds is 6. The van der Waals surface area contributed by atoms with Crippen LogP contribution >= 0.6 is 11.6 Å². The molecule has 6 heteroatoms. The Kier molecular flexibility index (Phi) is 6.92. The monoisotopic (exact) mass is 377 g/mol. The minimum Gasteiger partial charge on any atom is -0.352 e. The highest BCUT2D eigenvalue weighted by molar-refractivity contribution is 6.30. The highest BCUT2D eigenvalue weighted by atomic mass is 35.5. The lowest BCUT2D eigenvalue weighted by Crippen LogP contribution is -2.41. The predicted octanol–water partition coefficient (Wildman–Crippen LogP) is 2.68. The molecule has 0 atom stereocenters. The summed E-state index contributed by atoms with van der Waals surface area (Å²) < 4.78 is 0. The summed E-state index contributed by atoms with van der Waals surface area (Å²) in [6, 6.07) is 7.53. The van der Waals surface area contributed by atoms with Crippen molar-refractivity contribution in [3.05, 3.63) is 34.9 Å². The summed E-state index contributed by atoms with van der Waals surface area (Å²) in [5.41, 5.74) is 1.01. The fraction of sp³-hybridized carbons (Fsp3) is 0.600. The molecule has 0 spiro atoms. The van der Waals surface area contributed by atoms with Crippen molar-refractivity contribution in [1.29, 1.82) is 0 Å². The highest BCUT2D eigenvalue weighted by Crippen LogP contribution is 2.28. The second kappa shape index (κ2) is 9.38. The Morgan fingerprint density at radius 3 is 2.69 bits per heavy atom. The van der Waals surface area contributed by atoms with E-state index in [1.54, 1.807) is 0 Å². The van der Waals surface area contributed by atoms with Crippen LogP contribution in [0.3, 0.4) is 0 Å². The molecule has 1 saturated heterocycles. The van der Waals surface area contributed by atoms with Gasteiger partial charge in [0.25, 0.3) is 0 Å². The topological polar surface area (TPSA) is 52.7 Å². The molecule has 1 saturated carbocycles. The standard InChI is InChI=1S/C20H28ClN3O2/c21-18-7-1-4-16(14-18)15-22-19(25)8-11-23-9-3-10-24(13-12-23)20(26)17-5-2-6-17/h1,4,7,14,17H,2-3,5-6,8-13,15H2,(H,22,25). The molecule has 0 bridgehead atoms. The van der Waals surface area contributed by atoms with Crippen molar-refractivity contribution in [2.24, 2.45) is 5.92 Å². The molecule has 1 N–H and O–H groups in total. The number of nitrogens with one attached hydrogen (secondary N) is 1. The van der Waals surface area contributed by atoms with Gasteiger partial charge in [-0.05, 0) is 43.5 Å². The van der Waals surface area contributed by atoms with Gasteiger partial charge < -0.3 is 15.1 Å². The maximum absolute atomic E-state index is 12.4. The van der Waals surface area contributed by atoms with Gasteiger partial charge in [-0.15, -0.1) is 0 Å². The summed E-state index contributed by atoms with van der Waals surface area (Å²) in [6.07, 6.45) is 4.79. The van der Waals surface area contributed by atoms with Crippen LogP contribution in [0.4, 0.5) is 0 Å². The Morgan fingerprint density at radius 1 is 1.12 bits per heavy atom. The summed E-state index contributed by atoms with van der Waals surface area (Å²) >= 11 is 5.96. The first kappa shape index (κ1) is 19.2. The third-order valence-electron chi connectivity index (χ3n) is 5.39. The highest BCUT2D eigenvalue weighted by Gasteiger charge is 2.30. The minimum atomic E-state index is 0.0524. The maximum atomic E-state index is 12.4. The van der Waals surface area contributed by atoms with Crippen LogP contribution < -0.4 is 5.32 Å². The molecule has 0 radical (unpaired) electrons. The third-order valence-corrected chi connectivity index (χ3v) is 5.62. The van der Waals surface area contributed by atoms with Gasteiger partial charge in [-0.2, -0.15) is 0 Å². The number of hydrogen-bond acceptors (Lipinski definition) is 3. The maximum Gasteiger partial charge on any atom is 0.225 e. The van der Waals surface area contributed by atoms with E-state index in [0.717, 1.165) is 57.5 Å². The van der Waals surface area contributed by atoms with E-state index < -0.39 is 0 Å². The molecule has 142 valence electrons. The lowest BCUT2D eigenvalue weighted by molar-refractivity contribution is -0.138. The molecule has 3 rings (SSSR count). The van der Waals surface area contributed by atoms with Gasteiger partial charge in [0.2, 0.25) is 11.8 Å². The Bertz CT molecular complexity index is 633. The van der Waals surface area contributed by atoms with Crippen LogP contribution in [-0.2, 0) is 16.1 Å². The van der Waals surface area contributed by atoms with Crippen molar-refractivity contribution < 1.29 is 9.59 Å². The Hall–Kier alpha value is -1.59. The first-order valence-corrected chi connectivity index (χ1v) is 10.0. The summed E-state index contributed by atoms with van der Waals surface area (Å²) in [5, 5.41) is 3.63. The molecule has 1 aromatic rings. The Morgan fingerprint density at radius 2 is 1.96 bits per heavy atom. The number of benzene rings is 1. The molecule has 2 fully saturated rings. The van der Waals surface area contributed by atoms with Crippen molar-refractivity contribution in [2.75, 3.05) is 32.7 Å². The van der Waals surface area contributed by atoms with Crippen LogP contribution in [0.2, 0.25) is 5.02 Å². The van der Waals surface area contributed by atoms with E-state index in [9.17, 15) is 9.59 Å². The molecule has 1 aliphatic heterocycles. The third kappa shape index (κ3) is 5.45. The van der Waals surface area contributed by atoms with E-state index in [4.69, 9.17) is 11.6 Å². The zero-order chi connectivity index (χ0) is 18.4. The van der Waals surface area contributed by atoms with Crippen molar-refractivity contribution in [1.82, 2.24) is 15.1 Å². The number of hydrogen-bond donors (Lipinski definition) is 1. The fourth-order valence-corrected chi connectivity index (χ4v) is 3.74. The first-order chi connectivity index (χ1) is 12.6. The molecule has 5 nitrogen and oxygen atoms in total. The fourth-order valence-electron chi connectivity index (χ4n) is 3.52. The summed E-state index contributed by atoms with van der Waals surface area (Å²) in [5.74, 6) is 0.674. The van der Waals surface area contributed by atoms with Gasteiger partial charge in [0.15, 0.2) is 0 Å². The minimum absolute atomic E-state index is 0.0524. The normalized spacial score (nSPS) is 18.9. The molecule has 1 heterocycles. The lowest BCUT2D eigenvalue weighted by Gasteiger charge is -2.31. The molecule has 1 aromatic carbocycles. The second-order valence-corrected chi connectivity index (χ2v) is 7.74. The quantitative estimate of drug-likeness (QED) is 0.829. The zero-order valence-corrected chi connectivity index (χ0v) is 16.0. The van der Waals surface area contributed by atoms with Gasteiger partial charge >= 0.3 is 0 Å². The Labute approximate surface area is 160 Å². The SMILES string of the molecule is O=C(CCN1CCCN(C(=O)C2CCC2)CC1)NCc1cccc(Cl)c1. The number of carbonyl (C=O) groups is 2. The van der Waals surface area contributed by atoms with Gasteiger partial charge in [-0.3, -0.25) is 9.59 Å². The molecule has 26 heavy (non-hydrogen) atoms. The van der Waals surface area contributed by atoms with Crippen LogP contribution in [0.5, 0.6) is 0 Å². The predicted molar refractivity (Wildman–Crippen MR) is 103 cm³/mol. The second-order valence-electron chi connectivity index (χ2n) is 7.30. The smallest absolute Gasteiger partial charge is 0.225 e. The molecule has 2 amide bonds. The van der Waals surface area contributed by atoms with E-state index in [1.807, 2.05) is 29.2 Å². The lowest BCUT2D eigenvalue weighted by atomic mass is 9.84. The first-order valence-electron chi connectivity index (χ1n) is 9.64. The van der Waals surface area contributed by atoms with E-state index in [0.29, 0.717) is 23.9 Å². The van der Waals surface area contributed by atoms with Crippen LogP contribution in [0, 0.1) is 5.92 Å². The summed E-state index contributed by atoms with van der Waals surface area (Å²) in [6.45, 7) is 4.71. The van der Waals surface area contributed by atoms with Gasteiger partial charge in [-0.1, -0.05) is 30.2 Å². The van der Waals surface area contributed by atoms with Crippen molar-refractivity contribution in [3.8, 4) is 0 Å². The van der Waals surface area contributed by atoms with Crippen molar-refractivity contribution in [3.63, 3.8) is 0 Å². The number of nitrogens with zero attached hydrogens (tertiary/aromatic N) is 2. The molecule has 1 aliphatic carbocycles. The van der Waals surface area contributed by atoms with E-state index in [-0.39, 0.29) is 11.8 Å². The molecule has 2 aliphatic rings. The summed E-state index contributed by atoms with van der Waals surface area (Å²) in [4.78, 5) is 28.8. The number of amides is 2. The van der Waals surface area contributed by atoms with Gasteiger partial charge in [0.05, 0.1) is 0 Å². The van der Waals surface area contributed by atoms with Crippen LogP contribution in [0.15, 0.2) is 24.3 Å². The van der Waals surface area contributed by atoms with Gasteiger partial charge in [0, 0.05) is 50.1 Å². The molecular formula is C20H28ClN3O2. The van der Waals surface area contributed by atoms with Crippen molar-refractivity contribution >= 4 is 23.4 Å².